The third kappa shape index (κ3) is 4.88. The van der Waals surface area contributed by atoms with Gasteiger partial charge in [0.2, 0.25) is 0 Å². The highest BCUT2D eigenvalue weighted by Crippen LogP contribution is 2.38. The summed E-state index contributed by atoms with van der Waals surface area (Å²) in [5.74, 6) is -1.00. The number of hydrogen-bond acceptors (Lipinski definition) is 6. The fourth-order valence-corrected chi connectivity index (χ4v) is 4.97. The van der Waals surface area contributed by atoms with Crippen LogP contribution in [-0.4, -0.2) is 26.6 Å². The summed E-state index contributed by atoms with van der Waals surface area (Å²) < 4.78 is 34.1. The van der Waals surface area contributed by atoms with Gasteiger partial charge in [0.1, 0.15) is 21.2 Å². The predicted molar refractivity (Wildman–Crippen MR) is 128 cm³/mol. The molecular formula is C21H15BrClF2N5O3S. The van der Waals surface area contributed by atoms with E-state index >= 15 is 0 Å². The monoisotopic (exact) mass is 569 g/mol. The van der Waals surface area contributed by atoms with Gasteiger partial charge in [0, 0.05) is 16.1 Å². The van der Waals surface area contributed by atoms with Crippen LogP contribution >= 0.6 is 38.9 Å². The molecule has 8 nitrogen and oxygen atoms in total. The Hall–Kier alpha value is -3.09. The molecule has 3 aromatic heterocycles. The largest absolute Gasteiger partial charge is 0.470 e. The second-order valence-corrected chi connectivity index (χ2v) is 9.38. The normalized spacial score (nSPS) is 11.2. The van der Waals surface area contributed by atoms with E-state index in [1.807, 2.05) is 0 Å². The number of aryl methyl sites for hydroxylation is 1. The van der Waals surface area contributed by atoms with Crippen molar-refractivity contribution in [3.63, 3.8) is 0 Å². The van der Waals surface area contributed by atoms with Gasteiger partial charge in [-0.2, -0.15) is 5.10 Å². The summed E-state index contributed by atoms with van der Waals surface area (Å²) >= 11 is 10.3. The van der Waals surface area contributed by atoms with Crippen LogP contribution in [0.2, 0.25) is 5.02 Å². The van der Waals surface area contributed by atoms with Gasteiger partial charge in [-0.05, 0) is 42.8 Å². The first-order valence-electron chi connectivity index (χ1n) is 9.58. The van der Waals surface area contributed by atoms with Gasteiger partial charge in [-0.25, -0.2) is 18.4 Å². The van der Waals surface area contributed by atoms with Crippen molar-refractivity contribution in [3.8, 4) is 5.75 Å². The number of hydrogen-bond donors (Lipinski definition) is 2. The van der Waals surface area contributed by atoms with Gasteiger partial charge < -0.3 is 15.8 Å². The zero-order chi connectivity index (χ0) is 24.6. The number of amides is 2. The first kappa shape index (κ1) is 24.0. The number of anilines is 1. The van der Waals surface area contributed by atoms with Gasteiger partial charge in [0.25, 0.3) is 18.2 Å². The first-order valence-corrected chi connectivity index (χ1v) is 11.6. The summed E-state index contributed by atoms with van der Waals surface area (Å²) in [4.78, 5) is 28.9. The first-order chi connectivity index (χ1) is 16.1. The van der Waals surface area contributed by atoms with Gasteiger partial charge in [0.15, 0.2) is 12.4 Å². The number of carbonyl (C=O) groups is 2. The Morgan fingerprint density at radius 3 is 2.76 bits per heavy atom. The number of aromatic nitrogens is 3. The number of fused-ring (bicyclic) bond motifs is 1. The average molecular weight is 571 g/mol. The fraction of sp³-hybridized carbons (Fsp3) is 0.143. The molecule has 0 fully saturated rings. The topological polar surface area (TPSA) is 112 Å². The van der Waals surface area contributed by atoms with E-state index in [0.717, 1.165) is 15.8 Å². The van der Waals surface area contributed by atoms with Crippen LogP contribution in [0.15, 0.2) is 41.0 Å². The van der Waals surface area contributed by atoms with Crippen molar-refractivity contribution in [3.05, 3.63) is 67.9 Å². The summed E-state index contributed by atoms with van der Waals surface area (Å²) in [6, 6.07) is 7.81. The second kappa shape index (κ2) is 9.65. The third-order valence-corrected chi connectivity index (χ3v) is 6.57. The molecule has 0 bridgehead atoms. The van der Waals surface area contributed by atoms with Crippen molar-refractivity contribution < 1.29 is 23.1 Å². The van der Waals surface area contributed by atoms with E-state index in [2.05, 4.69) is 31.3 Å². The minimum absolute atomic E-state index is 0.00184. The highest BCUT2D eigenvalue weighted by molar-refractivity contribution is 9.10. The highest BCUT2D eigenvalue weighted by Gasteiger charge is 2.24. The van der Waals surface area contributed by atoms with Crippen molar-refractivity contribution in [2.45, 2.75) is 20.1 Å². The van der Waals surface area contributed by atoms with Gasteiger partial charge in [-0.3, -0.25) is 9.59 Å². The number of thiophene rings is 1. The Balaban J connectivity index is 1.57. The van der Waals surface area contributed by atoms with E-state index in [9.17, 15) is 18.4 Å². The zero-order valence-electron chi connectivity index (χ0n) is 17.3. The Bertz CT molecular complexity index is 1430. The molecule has 0 spiro atoms. The summed E-state index contributed by atoms with van der Waals surface area (Å²) in [5, 5.41) is 7.56. The lowest BCUT2D eigenvalue weighted by atomic mass is 10.1. The summed E-state index contributed by atoms with van der Waals surface area (Å²) in [5.41, 5.74) is 5.59. The number of halogens is 4. The van der Waals surface area contributed by atoms with E-state index in [4.69, 9.17) is 22.1 Å². The molecule has 176 valence electrons. The number of alkyl halides is 2. The minimum Gasteiger partial charge on any atom is -0.470 e. The lowest BCUT2D eigenvalue weighted by Crippen LogP contribution is -2.18. The van der Waals surface area contributed by atoms with E-state index in [0.29, 0.717) is 21.7 Å². The number of nitrogens with zero attached hydrogens (tertiary/aromatic N) is 3. The smallest absolute Gasteiger partial charge is 0.280 e. The summed E-state index contributed by atoms with van der Waals surface area (Å²) in [6.45, 7) is 1.57. The van der Waals surface area contributed by atoms with Crippen molar-refractivity contribution in [1.82, 2.24) is 14.8 Å². The van der Waals surface area contributed by atoms with Crippen LogP contribution in [0, 0.1) is 6.92 Å². The van der Waals surface area contributed by atoms with Crippen LogP contribution in [-0.2, 0) is 6.73 Å². The van der Waals surface area contributed by atoms with Crippen LogP contribution in [0.3, 0.4) is 0 Å². The van der Waals surface area contributed by atoms with E-state index in [1.165, 1.54) is 23.0 Å². The summed E-state index contributed by atoms with van der Waals surface area (Å²) in [7, 11) is 0. The van der Waals surface area contributed by atoms with Crippen LogP contribution < -0.4 is 15.8 Å². The van der Waals surface area contributed by atoms with Gasteiger partial charge >= 0.3 is 0 Å². The van der Waals surface area contributed by atoms with Crippen molar-refractivity contribution in [1.29, 1.82) is 0 Å². The van der Waals surface area contributed by atoms with Gasteiger partial charge in [-0.1, -0.05) is 27.5 Å². The molecule has 0 aliphatic heterocycles. The number of benzene rings is 1. The van der Waals surface area contributed by atoms with Crippen LogP contribution in [0.5, 0.6) is 5.75 Å². The van der Waals surface area contributed by atoms with Gasteiger partial charge in [-0.15, -0.1) is 11.3 Å². The van der Waals surface area contributed by atoms with E-state index in [-0.39, 0.29) is 27.8 Å². The number of nitrogens with two attached hydrogens (primary N) is 1. The molecule has 4 aromatic rings. The molecule has 0 atom stereocenters. The molecule has 0 unspecified atom stereocenters. The Labute approximate surface area is 208 Å². The predicted octanol–water partition coefficient (Wildman–Crippen LogP) is 5.54. The number of primary amides is 1. The number of ether oxygens (including phenoxy) is 1. The minimum atomic E-state index is -2.78. The fourth-order valence-electron chi connectivity index (χ4n) is 3.17. The van der Waals surface area contributed by atoms with Crippen LogP contribution in [0.25, 0.3) is 10.2 Å². The molecule has 3 heterocycles. The maximum absolute atomic E-state index is 13.1. The number of rotatable bonds is 7. The van der Waals surface area contributed by atoms with E-state index < -0.39 is 23.9 Å². The zero-order valence-corrected chi connectivity index (χ0v) is 20.5. The molecule has 34 heavy (non-hydrogen) atoms. The Morgan fingerprint density at radius 1 is 1.32 bits per heavy atom. The maximum atomic E-state index is 13.1. The van der Waals surface area contributed by atoms with Gasteiger partial charge in [0.05, 0.1) is 10.7 Å². The molecule has 0 aliphatic carbocycles. The van der Waals surface area contributed by atoms with Crippen molar-refractivity contribution in [2.75, 3.05) is 5.32 Å². The van der Waals surface area contributed by atoms with Crippen LogP contribution in [0.4, 0.5) is 14.5 Å². The second-order valence-electron chi connectivity index (χ2n) is 7.06. The standard InChI is InChI=1S/C21H15BrClF2N5O3S/c1-9-6-13(18(24)25)27-21-15(9)16(17(34-21)19(26)31)28-20(32)12-4-5-30(29-12)8-33-14-3-2-10(22)7-11(14)23/h2-7,18H,8H2,1H3,(H2,26,31)(H,28,32). The van der Waals surface area contributed by atoms with Crippen LogP contribution in [0.1, 0.15) is 37.8 Å². The van der Waals surface area contributed by atoms with Crippen molar-refractivity contribution >= 4 is 66.6 Å². The number of nitrogens with one attached hydrogen (secondary N) is 1. The average Bonchev–Trinajstić information content (AvgIpc) is 3.38. The quantitative estimate of drug-likeness (QED) is 0.303. The molecular weight excluding hydrogens is 556 g/mol. The molecule has 0 radical (unpaired) electrons. The molecule has 4 rings (SSSR count). The Morgan fingerprint density at radius 2 is 2.09 bits per heavy atom. The highest BCUT2D eigenvalue weighted by atomic mass is 79.9. The Kier molecular flexibility index (Phi) is 6.82. The SMILES string of the molecule is Cc1cc(C(F)F)nc2sc(C(N)=O)c(NC(=O)c3ccn(COc4ccc(Br)cc4Cl)n3)c12. The molecule has 0 saturated carbocycles. The number of carbonyl (C=O) groups excluding carboxylic acids is 2. The third-order valence-electron chi connectivity index (χ3n) is 4.68. The molecule has 1 aromatic carbocycles. The molecule has 2 amide bonds. The molecule has 0 aliphatic rings. The molecule has 3 N–H and O–H groups in total. The lowest BCUT2D eigenvalue weighted by Gasteiger charge is -2.08. The molecule has 13 heteroatoms. The molecule has 0 saturated heterocycles. The van der Waals surface area contributed by atoms with Crippen molar-refractivity contribution in [2.24, 2.45) is 5.73 Å². The number of pyridine rings is 1. The summed E-state index contributed by atoms with van der Waals surface area (Å²) in [6.07, 6.45) is -1.25. The maximum Gasteiger partial charge on any atom is 0.280 e. The van der Waals surface area contributed by atoms with E-state index in [1.54, 1.807) is 25.1 Å². The lowest BCUT2D eigenvalue weighted by molar-refractivity contribution is 0.100.